The average molecular weight is 468 g/mol. The zero-order chi connectivity index (χ0) is 23.2. The molecule has 0 aliphatic carbocycles. The van der Waals surface area contributed by atoms with Gasteiger partial charge in [0.1, 0.15) is 16.8 Å². The fourth-order valence-electron chi connectivity index (χ4n) is 3.46. The molecule has 0 radical (unpaired) electrons. The summed E-state index contributed by atoms with van der Waals surface area (Å²) in [5, 5.41) is 4.09. The van der Waals surface area contributed by atoms with Crippen molar-refractivity contribution in [3.63, 3.8) is 0 Å². The number of amides is 1. The number of carbonyl (C=O) groups is 1. The van der Waals surface area contributed by atoms with Gasteiger partial charge in [-0.1, -0.05) is 30.0 Å². The fraction of sp³-hybridized carbons (Fsp3) is 0.292. The molecule has 0 saturated heterocycles. The zero-order valence-corrected chi connectivity index (χ0v) is 19.3. The first-order valence-corrected chi connectivity index (χ1v) is 11.7. The minimum Gasteiger partial charge on any atom is -0.497 e. The van der Waals surface area contributed by atoms with Gasteiger partial charge in [-0.2, -0.15) is 0 Å². The van der Waals surface area contributed by atoms with E-state index < -0.39 is 0 Å². The summed E-state index contributed by atoms with van der Waals surface area (Å²) < 4.78 is 18.0. The number of nitrogens with one attached hydrogen (secondary N) is 1. The summed E-state index contributed by atoms with van der Waals surface area (Å²) >= 11 is 1.22. The fourth-order valence-corrected chi connectivity index (χ4v) is 4.28. The largest absolute Gasteiger partial charge is 0.497 e. The van der Waals surface area contributed by atoms with Crippen molar-refractivity contribution < 1.29 is 18.7 Å². The summed E-state index contributed by atoms with van der Waals surface area (Å²) in [5.74, 6) is 0.541. The normalized spacial score (nSPS) is 11.2. The topological polar surface area (TPSA) is 95.6 Å². The van der Waals surface area contributed by atoms with Crippen LogP contribution in [0.4, 0.5) is 5.69 Å². The van der Waals surface area contributed by atoms with Crippen LogP contribution in [0, 0.1) is 0 Å². The number of furan rings is 1. The van der Waals surface area contributed by atoms with E-state index in [4.69, 9.17) is 18.9 Å². The molecule has 1 N–H and O–H groups in total. The second-order valence-corrected chi connectivity index (χ2v) is 8.19. The Balaban J connectivity index is 1.60. The number of nitrogens with zero attached hydrogens (tertiary/aromatic N) is 2. The van der Waals surface area contributed by atoms with E-state index in [0.29, 0.717) is 53.9 Å². The van der Waals surface area contributed by atoms with E-state index in [1.54, 1.807) is 35.9 Å². The number of ether oxygens (including phenoxy) is 2. The first kappa shape index (κ1) is 22.9. The highest BCUT2D eigenvalue weighted by Crippen LogP contribution is 2.27. The van der Waals surface area contributed by atoms with Crippen LogP contribution in [0.25, 0.3) is 22.1 Å². The predicted octanol–water partition coefficient (Wildman–Crippen LogP) is 4.31. The summed E-state index contributed by atoms with van der Waals surface area (Å²) in [6.07, 6.45) is 0.644. The molecule has 0 aliphatic heterocycles. The van der Waals surface area contributed by atoms with Crippen LogP contribution in [0.3, 0.4) is 0 Å². The molecule has 0 unspecified atom stereocenters. The Bertz CT molecular complexity index is 1330. The van der Waals surface area contributed by atoms with Crippen LogP contribution >= 0.6 is 11.8 Å². The van der Waals surface area contributed by atoms with Gasteiger partial charge in [-0.15, -0.1) is 0 Å². The first-order chi connectivity index (χ1) is 16.1. The van der Waals surface area contributed by atoms with Crippen LogP contribution in [0.15, 0.2) is 62.9 Å². The zero-order valence-electron chi connectivity index (χ0n) is 18.5. The molecule has 2 aromatic heterocycles. The molecular formula is C24H25N3O5S. The number of fused-ring (bicyclic) bond motifs is 3. The number of hydrogen-bond acceptors (Lipinski definition) is 7. The molecule has 4 rings (SSSR count). The van der Waals surface area contributed by atoms with Gasteiger partial charge in [-0.3, -0.25) is 14.2 Å². The van der Waals surface area contributed by atoms with E-state index in [1.807, 2.05) is 31.2 Å². The summed E-state index contributed by atoms with van der Waals surface area (Å²) in [6.45, 7) is 3.48. The molecule has 33 heavy (non-hydrogen) atoms. The molecule has 0 spiro atoms. The SMILES string of the molecule is CCOCCCn1c(SCC(=O)Nc2cccc(OC)c2)nc2c(oc3ccccc32)c1=O. The van der Waals surface area contributed by atoms with Gasteiger partial charge < -0.3 is 19.2 Å². The van der Waals surface area contributed by atoms with Crippen LogP contribution in [0.5, 0.6) is 5.75 Å². The van der Waals surface area contributed by atoms with Crippen LogP contribution < -0.4 is 15.6 Å². The van der Waals surface area contributed by atoms with Crippen molar-refractivity contribution in [3.05, 3.63) is 58.9 Å². The lowest BCUT2D eigenvalue weighted by atomic mass is 10.2. The van der Waals surface area contributed by atoms with E-state index in [2.05, 4.69) is 5.32 Å². The number of para-hydroxylation sites is 1. The van der Waals surface area contributed by atoms with Gasteiger partial charge in [0.05, 0.1) is 12.9 Å². The summed E-state index contributed by atoms with van der Waals surface area (Å²) in [4.78, 5) is 30.6. The molecule has 0 atom stereocenters. The minimum atomic E-state index is -0.261. The van der Waals surface area contributed by atoms with Crippen LogP contribution in [0.2, 0.25) is 0 Å². The number of rotatable bonds is 10. The van der Waals surface area contributed by atoms with Crippen molar-refractivity contribution in [2.75, 3.05) is 31.4 Å². The molecule has 4 aromatic rings. The molecule has 1 amide bonds. The Morgan fingerprint density at radius 3 is 2.88 bits per heavy atom. The lowest BCUT2D eigenvalue weighted by Crippen LogP contribution is -2.24. The van der Waals surface area contributed by atoms with Crippen molar-refractivity contribution in [2.24, 2.45) is 0 Å². The van der Waals surface area contributed by atoms with E-state index in [0.717, 1.165) is 5.39 Å². The van der Waals surface area contributed by atoms with E-state index in [9.17, 15) is 9.59 Å². The third-order valence-corrected chi connectivity index (χ3v) is 5.98. The van der Waals surface area contributed by atoms with Crippen molar-refractivity contribution in [2.45, 2.75) is 25.0 Å². The number of thioether (sulfide) groups is 1. The Labute approximate surface area is 194 Å². The van der Waals surface area contributed by atoms with Gasteiger partial charge in [0.15, 0.2) is 5.16 Å². The molecule has 0 bridgehead atoms. The van der Waals surface area contributed by atoms with Gasteiger partial charge in [-0.25, -0.2) is 4.98 Å². The monoisotopic (exact) mass is 467 g/mol. The summed E-state index contributed by atoms with van der Waals surface area (Å²) in [6, 6.07) is 14.5. The maximum atomic E-state index is 13.2. The Morgan fingerprint density at radius 1 is 1.21 bits per heavy atom. The summed E-state index contributed by atoms with van der Waals surface area (Å²) in [5.41, 5.74) is 1.71. The minimum absolute atomic E-state index is 0.0937. The van der Waals surface area contributed by atoms with E-state index >= 15 is 0 Å². The molecule has 0 saturated carbocycles. The number of carbonyl (C=O) groups excluding carboxylic acids is 1. The smallest absolute Gasteiger partial charge is 0.297 e. The molecule has 172 valence electrons. The van der Waals surface area contributed by atoms with Gasteiger partial charge in [0, 0.05) is 36.9 Å². The Morgan fingerprint density at radius 2 is 2.06 bits per heavy atom. The maximum Gasteiger partial charge on any atom is 0.297 e. The number of benzene rings is 2. The van der Waals surface area contributed by atoms with Crippen molar-refractivity contribution >= 4 is 45.4 Å². The van der Waals surface area contributed by atoms with E-state index in [1.165, 1.54) is 11.8 Å². The molecule has 0 aliphatic rings. The molecule has 9 heteroatoms. The number of methoxy groups -OCH3 is 1. The molecule has 2 heterocycles. The summed E-state index contributed by atoms with van der Waals surface area (Å²) in [7, 11) is 1.57. The van der Waals surface area contributed by atoms with Gasteiger partial charge >= 0.3 is 0 Å². The highest BCUT2D eigenvalue weighted by Gasteiger charge is 2.18. The highest BCUT2D eigenvalue weighted by molar-refractivity contribution is 7.99. The second kappa shape index (κ2) is 10.5. The van der Waals surface area contributed by atoms with Crippen molar-refractivity contribution in [1.82, 2.24) is 9.55 Å². The van der Waals surface area contributed by atoms with Crippen molar-refractivity contribution in [1.29, 1.82) is 0 Å². The molecule has 2 aromatic carbocycles. The molecular weight excluding hydrogens is 442 g/mol. The van der Waals surface area contributed by atoms with Gasteiger partial charge in [-0.05, 0) is 37.6 Å². The van der Waals surface area contributed by atoms with Gasteiger partial charge in [0.25, 0.3) is 5.56 Å². The lowest BCUT2D eigenvalue weighted by molar-refractivity contribution is -0.113. The van der Waals surface area contributed by atoms with Crippen LogP contribution in [0.1, 0.15) is 13.3 Å². The van der Waals surface area contributed by atoms with E-state index in [-0.39, 0.29) is 22.8 Å². The third kappa shape index (κ3) is 5.20. The van der Waals surface area contributed by atoms with Crippen LogP contribution in [-0.4, -0.2) is 41.5 Å². The predicted molar refractivity (Wildman–Crippen MR) is 129 cm³/mol. The lowest BCUT2D eigenvalue weighted by Gasteiger charge is -2.12. The Kier molecular flexibility index (Phi) is 7.31. The quantitative estimate of drug-likeness (QED) is 0.211. The number of hydrogen-bond donors (Lipinski definition) is 1. The number of aromatic nitrogens is 2. The first-order valence-electron chi connectivity index (χ1n) is 10.7. The second-order valence-electron chi connectivity index (χ2n) is 7.25. The molecule has 0 fully saturated rings. The average Bonchev–Trinajstić information content (AvgIpc) is 3.21. The van der Waals surface area contributed by atoms with Gasteiger partial charge in [0.2, 0.25) is 11.5 Å². The Hall–Kier alpha value is -3.30. The third-order valence-electron chi connectivity index (χ3n) is 5.01. The standard InChI is InChI=1S/C24H25N3O5S/c1-3-31-13-7-12-27-23(29)22-21(18-10-4-5-11-19(18)32-22)26-24(27)33-15-20(28)25-16-8-6-9-17(14-16)30-2/h4-6,8-11,14H,3,7,12-13,15H2,1-2H3,(H,25,28). The van der Waals surface area contributed by atoms with Crippen LogP contribution in [-0.2, 0) is 16.1 Å². The van der Waals surface area contributed by atoms with Crippen molar-refractivity contribution in [3.8, 4) is 5.75 Å². The number of anilines is 1. The maximum absolute atomic E-state index is 13.2. The highest BCUT2D eigenvalue weighted by atomic mass is 32.2. The molecule has 8 nitrogen and oxygen atoms in total.